The van der Waals surface area contributed by atoms with Gasteiger partial charge < -0.3 is 17.8 Å². The van der Waals surface area contributed by atoms with Gasteiger partial charge in [-0.05, 0) is 44.3 Å². The zero-order chi connectivity index (χ0) is 32.5. The van der Waals surface area contributed by atoms with Crippen molar-refractivity contribution >= 4 is 26.8 Å². The Morgan fingerprint density at radius 1 is 0.455 bits per heavy atom. The summed E-state index contributed by atoms with van der Waals surface area (Å²) in [6.07, 6.45) is 32.2. The van der Waals surface area contributed by atoms with E-state index in [2.05, 4.69) is 13.8 Å². The van der Waals surface area contributed by atoms with Crippen LogP contribution in [0.1, 0.15) is 206 Å². The van der Waals surface area contributed by atoms with Crippen molar-refractivity contribution in [1.29, 1.82) is 0 Å². The molecule has 2 atom stereocenters. The molecule has 0 aliphatic carbocycles. The minimum Gasteiger partial charge on any atom is -0.585 e. The lowest BCUT2D eigenvalue weighted by Crippen LogP contribution is -2.26. The average Bonchev–Trinajstić information content (AvgIpc) is 2.99. The Labute approximate surface area is 277 Å². The summed E-state index contributed by atoms with van der Waals surface area (Å²) in [5.74, 6) is 1.30. The van der Waals surface area contributed by atoms with Crippen molar-refractivity contribution in [1.82, 2.24) is 0 Å². The SMILES string of the molecule is CCCCCCC(O)CCCCCCCCCCC(=O)[O][Al]([CH3])[O]C(=O)CCCCCCCCCCC(O)CCCCCC. The standard InChI is InChI=1S/2C18H36O3.CH3.Al/c2*1-2-3-4-11-14-17(19)15-12-9-7-5-6-8-10-13-16-18(20)21;;/h2*17,19H,2-16H2,1H3,(H,20,21);1H3;/q;;;+2/p-2. The number of unbranched alkanes of at least 4 members (excludes halogenated alkanes) is 20. The maximum Gasteiger partial charge on any atom is 0.857 e. The van der Waals surface area contributed by atoms with Crippen LogP contribution in [0.5, 0.6) is 0 Å². The molecule has 2 unspecified atom stereocenters. The molecule has 0 aromatic rings. The van der Waals surface area contributed by atoms with Gasteiger partial charge in [-0.15, -0.1) is 0 Å². The quantitative estimate of drug-likeness (QED) is 0.0537. The molecule has 260 valence electrons. The summed E-state index contributed by atoms with van der Waals surface area (Å²) in [6, 6.07) is 0. The van der Waals surface area contributed by atoms with Gasteiger partial charge in [0.15, 0.2) is 0 Å². The highest BCUT2D eigenvalue weighted by molar-refractivity contribution is 6.47. The molecule has 44 heavy (non-hydrogen) atoms. The van der Waals surface area contributed by atoms with Gasteiger partial charge in [0.1, 0.15) is 0 Å². The van der Waals surface area contributed by atoms with E-state index in [1.54, 1.807) is 5.79 Å². The molecule has 0 aromatic heterocycles. The first-order valence-electron chi connectivity index (χ1n) is 19.1. The van der Waals surface area contributed by atoms with E-state index in [0.29, 0.717) is 12.8 Å². The number of aliphatic hydroxyl groups excluding tert-OH is 2. The molecule has 0 saturated heterocycles. The topological polar surface area (TPSA) is 93.1 Å². The first kappa shape index (κ1) is 43.4. The van der Waals surface area contributed by atoms with Gasteiger partial charge in [0.05, 0.1) is 12.2 Å². The van der Waals surface area contributed by atoms with Crippen LogP contribution >= 0.6 is 0 Å². The lowest BCUT2D eigenvalue weighted by atomic mass is 10.0. The van der Waals surface area contributed by atoms with Gasteiger partial charge in [-0.1, -0.05) is 155 Å². The molecule has 2 N–H and O–H groups in total. The second-order valence-electron chi connectivity index (χ2n) is 13.3. The highest BCUT2D eigenvalue weighted by Gasteiger charge is 2.28. The average molecular weight is 641 g/mol. The minimum atomic E-state index is -2.25. The molecular weight excluding hydrogens is 567 g/mol. The molecule has 0 fully saturated rings. The Morgan fingerprint density at radius 3 is 1.00 bits per heavy atom. The summed E-state index contributed by atoms with van der Waals surface area (Å²) >= 11 is -2.25. The summed E-state index contributed by atoms with van der Waals surface area (Å²) in [5, 5.41) is 20.1. The molecule has 0 rings (SSSR count). The lowest BCUT2D eigenvalue weighted by molar-refractivity contribution is -0.140. The van der Waals surface area contributed by atoms with Crippen LogP contribution in [-0.2, 0) is 17.2 Å². The van der Waals surface area contributed by atoms with E-state index in [1.165, 1.54) is 89.9 Å². The maximum atomic E-state index is 12.1. The van der Waals surface area contributed by atoms with E-state index in [4.69, 9.17) is 7.58 Å². The van der Waals surface area contributed by atoms with Gasteiger partial charge in [-0.2, -0.15) is 0 Å². The molecule has 7 heteroatoms. The zero-order valence-electron chi connectivity index (χ0n) is 29.5. The molecule has 0 amide bonds. The van der Waals surface area contributed by atoms with Gasteiger partial charge in [-0.25, -0.2) is 0 Å². The van der Waals surface area contributed by atoms with E-state index >= 15 is 0 Å². The molecule has 0 spiro atoms. The summed E-state index contributed by atoms with van der Waals surface area (Å²) < 4.78 is 10.8. The molecule has 0 heterocycles. The molecule has 0 aromatic carbocycles. The van der Waals surface area contributed by atoms with Gasteiger partial charge >= 0.3 is 14.8 Å². The fourth-order valence-electron chi connectivity index (χ4n) is 5.83. The number of rotatable bonds is 34. The van der Waals surface area contributed by atoms with Crippen LogP contribution in [0.3, 0.4) is 0 Å². The molecule has 0 aliphatic rings. The molecule has 0 radical (unpaired) electrons. The van der Waals surface area contributed by atoms with Crippen LogP contribution in [0.2, 0.25) is 5.79 Å². The largest absolute Gasteiger partial charge is 0.857 e. The monoisotopic (exact) mass is 641 g/mol. The Balaban J connectivity index is 3.49. The van der Waals surface area contributed by atoms with Crippen molar-refractivity contribution in [3.63, 3.8) is 0 Å². The molecular formula is C37H73AlO6. The third-order valence-electron chi connectivity index (χ3n) is 8.71. The Kier molecular flexibility index (Phi) is 33.3. The predicted octanol–water partition coefficient (Wildman–Crippen LogP) is 10.7. The van der Waals surface area contributed by atoms with Crippen LogP contribution < -0.4 is 0 Å². The molecule has 0 aliphatic heterocycles. The summed E-state index contributed by atoms with van der Waals surface area (Å²) in [6.45, 7) is 4.43. The van der Waals surface area contributed by atoms with Gasteiger partial charge in [0, 0.05) is 12.8 Å². The second kappa shape index (κ2) is 33.7. The molecule has 6 nitrogen and oxygen atoms in total. The summed E-state index contributed by atoms with van der Waals surface area (Å²) in [5.41, 5.74) is 0. The lowest BCUT2D eigenvalue weighted by Gasteiger charge is -2.11. The number of hydrogen-bond donors (Lipinski definition) is 2. The number of carbonyl (C=O) groups is 2. The third-order valence-corrected chi connectivity index (χ3v) is 9.90. The Bertz CT molecular complexity index is 579. The summed E-state index contributed by atoms with van der Waals surface area (Å²) in [7, 11) is 0. The van der Waals surface area contributed by atoms with E-state index in [1.807, 2.05) is 0 Å². The summed E-state index contributed by atoms with van der Waals surface area (Å²) in [4.78, 5) is 24.2. The Hall–Kier alpha value is -0.608. The van der Waals surface area contributed by atoms with Gasteiger partial charge in [0.2, 0.25) is 0 Å². The van der Waals surface area contributed by atoms with Crippen molar-refractivity contribution in [2.24, 2.45) is 0 Å². The second-order valence-corrected chi connectivity index (χ2v) is 14.9. The zero-order valence-corrected chi connectivity index (χ0v) is 30.6. The first-order valence-corrected chi connectivity index (χ1v) is 21.2. The smallest absolute Gasteiger partial charge is 0.585 e. The number of aliphatic hydroxyl groups is 2. The van der Waals surface area contributed by atoms with Crippen molar-refractivity contribution in [3.8, 4) is 0 Å². The molecule has 0 saturated carbocycles. The van der Waals surface area contributed by atoms with Crippen LogP contribution in [-0.4, -0.2) is 49.2 Å². The van der Waals surface area contributed by atoms with Crippen LogP contribution in [0.25, 0.3) is 0 Å². The normalized spacial score (nSPS) is 12.7. The number of hydrogen-bond acceptors (Lipinski definition) is 6. The number of carbonyl (C=O) groups excluding carboxylic acids is 2. The highest BCUT2D eigenvalue weighted by Crippen LogP contribution is 2.16. The first-order chi connectivity index (χ1) is 21.4. The fourth-order valence-corrected chi connectivity index (χ4v) is 6.86. The van der Waals surface area contributed by atoms with Crippen LogP contribution in [0, 0.1) is 0 Å². The van der Waals surface area contributed by atoms with Crippen LogP contribution in [0.4, 0.5) is 0 Å². The van der Waals surface area contributed by atoms with Gasteiger partial charge in [-0.3, -0.25) is 9.59 Å². The van der Waals surface area contributed by atoms with E-state index in [9.17, 15) is 19.8 Å². The highest BCUT2D eigenvalue weighted by atomic mass is 27.2. The minimum absolute atomic E-state index is 0.112. The fraction of sp³-hybridized carbons (Fsp3) is 0.946. The molecule has 0 bridgehead atoms. The van der Waals surface area contributed by atoms with Crippen molar-refractivity contribution < 1.29 is 27.4 Å². The van der Waals surface area contributed by atoms with Crippen molar-refractivity contribution in [2.75, 3.05) is 0 Å². The van der Waals surface area contributed by atoms with Crippen LogP contribution in [0.15, 0.2) is 0 Å². The van der Waals surface area contributed by atoms with E-state index in [0.717, 1.165) is 89.9 Å². The van der Waals surface area contributed by atoms with Gasteiger partial charge in [0.25, 0.3) is 11.9 Å². The van der Waals surface area contributed by atoms with Crippen molar-refractivity contribution in [2.45, 2.75) is 224 Å². The van der Waals surface area contributed by atoms with E-state index in [-0.39, 0.29) is 24.1 Å². The predicted molar refractivity (Wildman–Crippen MR) is 186 cm³/mol. The maximum absolute atomic E-state index is 12.1. The van der Waals surface area contributed by atoms with Crippen molar-refractivity contribution in [3.05, 3.63) is 0 Å². The van der Waals surface area contributed by atoms with E-state index < -0.39 is 14.8 Å². The third kappa shape index (κ3) is 32.8. The Morgan fingerprint density at radius 2 is 0.705 bits per heavy atom.